The number of hydrogen-bond donors (Lipinski definition) is 4. The van der Waals surface area contributed by atoms with Crippen molar-refractivity contribution in [2.24, 2.45) is 23.2 Å². The topological polar surface area (TPSA) is 132 Å². The van der Waals surface area contributed by atoms with Crippen LogP contribution in [0.3, 0.4) is 0 Å². The monoisotopic (exact) mass is 600 g/mol. The Morgan fingerprint density at radius 2 is 1.84 bits per heavy atom. The summed E-state index contributed by atoms with van der Waals surface area (Å²) in [5, 5.41) is 36.9. The van der Waals surface area contributed by atoms with Crippen molar-refractivity contribution >= 4 is 22.7 Å². The van der Waals surface area contributed by atoms with Gasteiger partial charge in [0.05, 0.1) is 31.9 Å². The zero-order chi connectivity index (χ0) is 31.5. The first-order valence-corrected chi connectivity index (χ1v) is 16.1. The van der Waals surface area contributed by atoms with E-state index in [2.05, 4.69) is 38.7 Å². The molecule has 2 fully saturated rings. The van der Waals surface area contributed by atoms with Gasteiger partial charge in [-0.2, -0.15) is 0 Å². The van der Waals surface area contributed by atoms with E-state index >= 15 is 0 Å². The number of rotatable bonds is 5. The molecule has 1 saturated heterocycles. The normalized spacial score (nSPS) is 29.8. The molecule has 4 N–H and O–H groups in total. The van der Waals surface area contributed by atoms with Gasteiger partial charge in [-0.15, -0.1) is 0 Å². The highest BCUT2D eigenvalue weighted by molar-refractivity contribution is 5.90. The average Bonchev–Trinajstić information content (AvgIpc) is 3.36. The van der Waals surface area contributed by atoms with E-state index in [9.17, 15) is 14.7 Å². The maximum Gasteiger partial charge on any atom is 0.359 e. The number of nitrogens with zero attached hydrogens (tertiary/aromatic N) is 2. The zero-order valence-corrected chi connectivity index (χ0v) is 26.6. The van der Waals surface area contributed by atoms with Crippen molar-refractivity contribution in [2.45, 2.75) is 96.9 Å². The van der Waals surface area contributed by atoms with Crippen LogP contribution in [0.4, 0.5) is 0 Å². The Bertz CT molecular complexity index is 1270. The third kappa shape index (κ3) is 6.29. The van der Waals surface area contributed by atoms with Crippen molar-refractivity contribution in [1.29, 1.82) is 0 Å². The predicted octanol–water partition coefficient (Wildman–Crippen LogP) is 3.93. The Balaban J connectivity index is 0.000000206. The first-order chi connectivity index (χ1) is 20.5. The van der Waals surface area contributed by atoms with Gasteiger partial charge in [0.2, 0.25) is 5.72 Å². The first-order valence-electron chi connectivity index (χ1n) is 16.1. The van der Waals surface area contributed by atoms with E-state index in [0.29, 0.717) is 30.0 Å². The van der Waals surface area contributed by atoms with Crippen molar-refractivity contribution in [3.8, 4) is 0 Å². The highest BCUT2D eigenvalue weighted by atomic mass is 16.5. The molecule has 0 bridgehead atoms. The number of para-hydroxylation sites is 1. The van der Waals surface area contributed by atoms with Crippen LogP contribution in [0.15, 0.2) is 24.3 Å². The van der Waals surface area contributed by atoms with Gasteiger partial charge in [0.25, 0.3) is 0 Å². The largest absolute Gasteiger partial charge is 0.465 e. The minimum atomic E-state index is -1.63. The second-order valence-electron chi connectivity index (χ2n) is 13.4. The molecule has 4 heterocycles. The molecule has 9 nitrogen and oxygen atoms in total. The molecular formula is C34H52N2O7. The Morgan fingerprint density at radius 3 is 2.42 bits per heavy atom. The summed E-state index contributed by atoms with van der Waals surface area (Å²) in [7, 11) is 1.37. The van der Waals surface area contributed by atoms with Crippen LogP contribution in [0.1, 0.15) is 89.9 Å². The minimum Gasteiger partial charge on any atom is -0.465 e. The highest BCUT2D eigenvalue weighted by Gasteiger charge is 2.60. The van der Waals surface area contributed by atoms with Crippen molar-refractivity contribution in [1.82, 2.24) is 9.47 Å². The number of aliphatic hydroxyl groups excluding tert-OH is 3. The minimum absolute atomic E-state index is 0.0826. The Morgan fingerprint density at radius 1 is 1.14 bits per heavy atom. The van der Waals surface area contributed by atoms with E-state index in [1.165, 1.54) is 24.5 Å². The van der Waals surface area contributed by atoms with Crippen LogP contribution < -0.4 is 0 Å². The van der Waals surface area contributed by atoms with Crippen LogP contribution in [0.5, 0.6) is 0 Å². The van der Waals surface area contributed by atoms with Gasteiger partial charge in [-0.25, -0.2) is 4.79 Å². The van der Waals surface area contributed by atoms with Crippen LogP contribution >= 0.6 is 0 Å². The fraction of sp³-hybridized carbons (Fsp3) is 0.706. The summed E-state index contributed by atoms with van der Waals surface area (Å²) in [5.74, 6) is 1.51. The summed E-state index contributed by atoms with van der Waals surface area (Å²) in [6, 6.07) is 8.45. The fourth-order valence-corrected chi connectivity index (χ4v) is 8.08. The molecule has 5 atom stereocenters. The van der Waals surface area contributed by atoms with E-state index in [0.717, 1.165) is 62.8 Å². The van der Waals surface area contributed by atoms with E-state index < -0.39 is 17.8 Å². The number of methoxy groups -OCH3 is 1. The highest BCUT2D eigenvalue weighted by Crippen LogP contribution is 2.60. The molecule has 0 radical (unpaired) electrons. The number of ketones is 1. The van der Waals surface area contributed by atoms with Crippen molar-refractivity contribution < 1.29 is 34.8 Å². The van der Waals surface area contributed by atoms with Crippen LogP contribution in [-0.4, -0.2) is 81.2 Å². The number of fused-ring (bicyclic) bond motifs is 3. The molecule has 1 aromatic heterocycles. The van der Waals surface area contributed by atoms with Crippen molar-refractivity contribution in [3.05, 3.63) is 35.5 Å². The van der Waals surface area contributed by atoms with Crippen LogP contribution in [-0.2, 0) is 26.5 Å². The lowest BCUT2D eigenvalue weighted by Gasteiger charge is -2.57. The van der Waals surface area contributed by atoms with Gasteiger partial charge in [0, 0.05) is 36.4 Å². The van der Waals surface area contributed by atoms with Crippen LogP contribution in [0.2, 0.25) is 0 Å². The van der Waals surface area contributed by atoms with Crippen LogP contribution in [0.25, 0.3) is 10.9 Å². The van der Waals surface area contributed by atoms with Crippen molar-refractivity contribution in [2.75, 3.05) is 33.4 Å². The Hall–Kier alpha value is -2.30. The van der Waals surface area contributed by atoms with Gasteiger partial charge in [0.1, 0.15) is 11.9 Å². The van der Waals surface area contributed by atoms with E-state index in [4.69, 9.17) is 20.1 Å². The van der Waals surface area contributed by atoms with Crippen molar-refractivity contribution in [3.63, 3.8) is 0 Å². The second kappa shape index (κ2) is 13.8. The molecule has 4 aliphatic rings. The summed E-state index contributed by atoms with van der Waals surface area (Å²) in [6.07, 6.45) is 6.75. The summed E-state index contributed by atoms with van der Waals surface area (Å²) in [4.78, 5) is 26.9. The summed E-state index contributed by atoms with van der Waals surface area (Å²) in [6.45, 7) is 10.1. The molecule has 1 saturated carbocycles. The molecule has 0 unspecified atom stereocenters. The molecule has 0 amide bonds. The van der Waals surface area contributed by atoms with Gasteiger partial charge in [0.15, 0.2) is 0 Å². The van der Waals surface area contributed by atoms with E-state index in [1.807, 2.05) is 22.8 Å². The summed E-state index contributed by atoms with van der Waals surface area (Å²) < 4.78 is 7.01. The molecule has 3 aliphatic heterocycles. The van der Waals surface area contributed by atoms with Gasteiger partial charge >= 0.3 is 5.97 Å². The molecule has 9 heteroatoms. The number of carbonyl (C=O) groups is 2. The molecule has 43 heavy (non-hydrogen) atoms. The van der Waals surface area contributed by atoms with E-state index in [-0.39, 0.29) is 24.7 Å². The van der Waals surface area contributed by atoms with Gasteiger partial charge < -0.3 is 29.7 Å². The number of benzene rings is 1. The number of hydrogen-bond acceptors (Lipinski definition) is 8. The number of esters is 1. The summed E-state index contributed by atoms with van der Waals surface area (Å²) in [5.41, 5.74) is 1.69. The lowest BCUT2D eigenvalue weighted by atomic mass is 9.62. The SMILES string of the molecule is CC(C)[C@H]1CC[C@H](C)CC1=O.CC[C@]12CCCN3CCc4c(n(c5ccccc45)[C@@](O)(C(=O)OC)C1)[C@@H]32.OCC(O)CO. The molecule has 2 aromatic rings. The second-order valence-corrected chi connectivity index (χ2v) is 13.4. The molecule has 240 valence electrons. The Labute approximate surface area is 255 Å². The smallest absolute Gasteiger partial charge is 0.359 e. The molecule has 1 aromatic carbocycles. The van der Waals surface area contributed by atoms with Gasteiger partial charge in [-0.05, 0) is 74.0 Å². The number of Topliss-reactive ketones (excluding diaryl/α,β-unsaturated/α-hetero) is 1. The third-order valence-electron chi connectivity index (χ3n) is 10.3. The molecule has 1 aliphatic carbocycles. The number of aromatic nitrogens is 1. The molecule has 0 spiro atoms. The Kier molecular flexibility index (Phi) is 10.8. The number of piperidine rings is 1. The lowest BCUT2D eigenvalue weighted by Crippen LogP contribution is -2.60. The lowest BCUT2D eigenvalue weighted by molar-refractivity contribution is -0.194. The standard InChI is InChI=1S/C21H26N2O3.C10H18O.C3H8O3/c1-3-20-10-6-11-22-12-9-15-14-7-4-5-8-16(14)23(17(15)18(20)22)21(25,13-20)19(24)26-2;1-7(2)9-5-4-8(3)6-10(9)11;4-1-3(6)2-5/h4-5,7-8,18,25H,3,6,9-13H2,1-2H3;7-9H,4-6H2,1-3H3;3-6H,1-2H2/t18-,20+,21+;8-,9+;/m10./s1. The number of carbonyl (C=O) groups excluding carboxylic acids is 2. The zero-order valence-electron chi connectivity index (χ0n) is 26.6. The number of ether oxygens (including phenoxy) is 1. The first kappa shape index (κ1) is 33.6. The third-order valence-corrected chi connectivity index (χ3v) is 10.3. The maximum atomic E-state index is 12.8. The molecule has 6 rings (SSSR count). The van der Waals surface area contributed by atoms with Gasteiger partial charge in [-0.1, -0.05) is 45.9 Å². The van der Waals surface area contributed by atoms with E-state index in [1.54, 1.807) is 0 Å². The fourth-order valence-electron chi connectivity index (χ4n) is 8.08. The number of aliphatic hydroxyl groups is 4. The maximum absolute atomic E-state index is 12.8. The van der Waals surface area contributed by atoms with Gasteiger partial charge in [-0.3, -0.25) is 9.69 Å². The quantitative estimate of drug-likeness (QED) is 0.380. The molecular weight excluding hydrogens is 548 g/mol. The summed E-state index contributed by atoms with van der Waals surface area (Å²) >= 11 is 0. The predicted molar refractivity (Wildman–Crippen MR) is 165 cm³/mol. The average molecular weight is 601 g/mol. The van der Waals surface area contributed by atoms with Crippen LogP contribution in [0, 0.1) is 23.2 Å².